The summed E-state index contributed by atoms with van der Waals surface area (Å²) in [6.07, 6.45) is 2.16. The fourth-order valence-electron chi connectivity index (χ4n) is 2.86. The van der Waals surface area contributed by atoms with Gasteiger partial charge in [-0.25, -0.2) is 0 Å². The van der Waals surface area contributed by atoms with Gasteiger partial charge in [0.2, 0.25) is 5.91 Å². The Bertz CT molecular complexity index is 604. The average molecular weight is 318 g/mol. The van der Waals surface area contributed by atoms with Gasteiger partial charge in [-0.05, 0) is 37.8 Å². The van der Waals surface area contributed by atoms with E-state index in [1.54, 1.807) is 38.4 Å². The Morgan fingerprint density at radius 3 is 2.17 bits per heavy atom. The topological polar surface area (TPSA) is 86.7 Å². The normalized spacial score (nSPS) is 20.6. The maximum Gasteiger partial charge on any atom is 0.306 e. The monoisotopic (exact) mass is 318 g/mol. The number of nitrogens with zero attached hydrogens (tertiary/aromatic N) is 1. The van der Waals surface area contributed by atoms with E-state index >= 15 is 0 Å². The van der Waals surface area contributed by atoms with E-state index in [2.05, 4.69) is 5.32 Å². The van der Waals surface area contributed by atoms with Gasteiger partial charge in [0.25, 0.3) is 5.91 Å². The van der Waals surface area contributed by atoms with Gasteiger partial charge in [-0.3, -0.25) is 14.4 Å². The summed E-state index contributed by atoms with van der Waals surface area (Å²) in [6, 6.07) is 6.91. The van der Waals surface area contributed by atoms with Crippen LogP contribution in [0.5, 0.6) is 0 Å². The van der Waals surface area contributed by atoms with Gasteiger partial charge in [0, 0.05) is 20.0 Å². The van der Waals surface area contributed by atoms with Crippen molar-refractivity contribution < 1.29 is 19.5 Å². The van der Waals surface area contributed by atoms with Crippen LogP contribution in [0.2, 0.25) is 0 Å². The SMILES string of the molecule is CN(C)C(=O)c1ccccc1NC(=O)C1CCC(C(=O)O)CC1. The molecule has 0 bridgehead atoms. The number of benzene rings is 1. The lowest BCUT2D eigenvalue weighted by Crippen LogP contribution is -2.30. The smallest absolute Gasteiger partial charge is 0.306 e. The van der Waals surface area contributed by atoms with Gasteiger partial charge in [-0.1, -0.05) is 12.1 Å². The maximum absolute atomic E-state index is 12.4. The van der Waals surface area contributed by atoms with Crippen molar-refractivity contribution >= 4 is 23.5 Å². The Morgan fingerprint density at radius 1 is 1.04 bits per heavy atom. The van der Waals surface area contributed by atoms with Crippen LogP contribution in [0, 0.1) is 11.8 Å². The van der Waals surface area contributed by atoms with Gasteiger partial charge in [-0.15, -0.1) is 0 Å². The highest BCUT2D eigenvalue weighted by Crippen LogP contribution is 2.30. The molecular weight excluding hydrogens is 296 g/mol. The second kappa shape index (κ2) is 7.26. The fourth-order valence-corrected chi connectivity index (χ4v) is 2.86. The number of rotatable bonds is 4. The molecule has 0 aromatic heterocycles. The summed E-state index contributed by atoms with van der Waals surface area (Å²) >= 11 is 0. The molecule has 0 spiro atoms. The number of nitrogens with one attached hydrogen (secondary N) is 1. The lowest BCUT2D eigenvalue weighted by Gasteiger charge is -2.25. The van der Waals surface area contributed by atoms with E-state index in [9.17, 15) is 14.4 Å². The van der Waals surface area contributed by atoms with Gasteiger partial charge >= 0.3 is 5.97 Å². The van der Waals surface area contributed by atoms with Crippen LogP contribution >= 0.6 is 0 Å². The first-order valence-corrected chi connectivity index (χ1v) is 7.74. The molecule has 1 aliphatic carbocycles. The van der Waals surface area contributed by atoms with E-state index in [1.165, 1.54) is 4.90 Å². The minimum absolute atomic E-state index is 0.146. The lowest BCUT2D eigenvalue weighted by molar-refractivity contribution is -0.143. The summed E-state index contributed by atoms with van der Waals surface area (Å²) in [7, 11) is 3.32. The molecule has 1 aromatic carbocycles. The van der Waals surface area contributed by atoms with Crippen LogP contribution in [0.4, 0.5) is 5.69 Å². The van der Waals surface area contributed by atoms with Gasteiger partial charge in [0.05, 0.1) is 17.2 Å². The van der Waals surface area contributed by atoms with E-state index in [4.69, 9.17) is 5.11 Å². The van der Waals surface area contributed by atoms with Crippen LogP contribution in [0.15, 0.2) is 24.3 Å². The van der Waals surface area contributed by atoms with Crippen molar-refractivity contribution in [2.24, 2.45) is 11.8 Å². The van der Waals surface area contributed by atoms with Crippen LogP contribution in [0.1, 0.15) is 36.0 Å². The number of hydrogen-bond acceptors (Lipinski definition) is 3. The van der Waals surface area contributed by atoms with Crippen molar-refractivity contribution in [3.63, 3.8) is 0 Å². The Labute approximate surface area is 135 Å². The van der Waals surface area contributed by atoms with Crippen molar-refractivity contribution in [2.45, 2.75) is 25.7 Å². The fraction of sp³-hybridized carbons (Fsp3) is 0.471. The molecule has 0 atom stereocenters. The van der Waals surface area contributed by atoms with Crippen LogP contribution in [0.25, 0.3) is 0 Å². The quantitative estimate of drug-likeness (QED) is 0.891. The highest BCUT2D eigenvalue weighted by molar-refractivity contribution is 6.04. The Balaban J connectivity index is 2.04. The van der Waals surface area contributed by atoms with Crippen molar-refractivity contribution in [1.82, 2.24) is 4.90 Å². The van der Waals surface area contributed by atoms with Crippen molar-refractivity contribution in [3.8, 4) is 0 Å². The molecule has 6 nitrogen and oxygen atoms in total. The Hall–Kier alpha value is -2.37. The molecule has 0 heterocycles. The van der Waals surface area contributed by atoms with E-state index in [0.717, 1.165) is 0 Å². The molecule has 2 N–H and O–H groups in total. The zero-order valence-electron chi connectivity index (χ0n) is 13.4. The third-order valence-electron chi connectivity index (χ3n) is 4.27. The predicted octanol–water partition coefficient (Wildman–Crippen LogP) is 2.22. The van der Waals surface area contributed by atoms with Gasteiger partial charge < -0.3 is 15.3 Å². The number of carboxylic acid groups (broad SMARTS) is 1. The summed E-state index contributed by atoms with van der Waals surface area (Å²) < 4.78 is 0. The number of carboxylic acids is 1. The van der Waals surface area contributed by atoms with E-state index in [1.807, 2.05) is 0 Å². The molecule has 2 amide bonds. The molecule has 6 heteroatoms. The van der Waals surface area contributed by atoms with E-state index in [-0.39, 0.29) is 23.7 Å². The number of aliphatic carboxylic acids is 1. The first-order chi connectivity index (χ1) is 10.9. The zero-order chi connectivity index (χ0) is 17.0. The Morgan fingerprint density at radius 2 is 1.61 bits per heavy atom. The van der Waals surface area contributed by atoms with Gasteiger partial charge in [-0.2, -0.15) is 0 Å². The van der Waals surface area contributed by atoms with Gasteiger partial charge in [0.1, 0.15) is 0 Å². The summed E-state index contributed by atoms with van der Waals surface area (Å²) in [4.78, 5) is 37.0. The Kier molecular flexibility index (Phi) is 5.36. The number of anilines is 1. The van der Waals surface area contributed by atoms with E-state index < -0.39 is 5.97 Å². The van der Waals surface area contributed by atoms with Crippen LogP contribution < -0.4 is 5.32 Å². The standard InChI is InChI=1S/C17H22N2O4/c1-19(2)16(21)13-5-3-4-6-14(13)18-15(20)11-7-9-12(10-8-11)17(22)23/h3-6,11-12H,7-10H2,1-2H3,(H,18,20)(H,22,23). The van der Waals surface area contributed by atoms with Gasteiger partial charge in [0.15, 0.2) is 0 Å². The summed E-state index contributed by atoms with van der Waals surface area (Å²) in [5, 5.41) is 11.8. The molecule has 1 fully saturated rings. The predicted molar refractivity (Wildman–Crippen MR) is 86.2 cm³/mol. The summed E-state index contributed by atoms with van der Waals surface area (Å²) in [6.45, 7) is 0. The molecule has 124 valence electrons. The number of hydrogen-bond donors (Lipinski definition) is 2. The average Bonchev–Trinajstić information content (AvgIpc) is 2.54. The van der Waals surface area contributed by atoms with Crippen LogP contribution in [0.3, 0.4) is 0 Å². The molecule has 0 radical (unpaired) electrons. The highest BCUT2D eigenvalue weighted by Gasteiger charge is 2.30. The molecule has 0 saturated heterocycles. The van der Waals surface area contributed by atoms with Crippen molar-refractivity contribution in [3.05, 3.63) is 29.8 Å². The number of carbonyl (C=O) groups excluding carboxylic acids is 2. The third kappa shape index (κ3) is 4.09. The largest absolute Gasteiger partial charge is 0.481 e. The van der Waals surface area contributed by atoms with E-state index in [0.29, 0.717) is 36.9 Å². The maximum atomic E-state index is 12.4. The third-order valence-corrected chi connectivity index (χ3v) is 4.27. The zero-order valence-corrected chi connectivity index (χ0v) is 13.4. The second-order valence-corrected chi connectivity index (χ2v) is 6.12. The molecule has 0 unspecified atom stereocenters. The molecule has 1 saturated carbocycles. The number of para-hydroxylation sites is 1. The molecule has 2 rings (SSSR count). The molecule has 23 heavy (non-hydrogen) atoms. The first-order valence-electron chi connectivity index (χ1n) is 7.74. The first kappa shape index (κ1) is 17.0. The van der Waals surface area contributed by atoms with Crippen LogP contribution in [-0.4, -0.2) is 41.9 Å². The second-order valence-electron chi connectivity index (χ2n) is 6.12. The molecular formula is C17H22N2O4. The number of carbonyl (C=O) groups is 3. The van der Waals surface area contributed by atoms with Crippen LogP contribution in [-0.2, 0) is 9.59 Å². The lowest BCUT2D eigenvalue weighted by atomic mass is 9.81. The summed E-state index contributed by atoms with van der Waals surface area (Å²) in [5.74, 6) is -1.65. The minimum Gasteiger partial charge on any atom is -0.481 e. The summed E-state index contributed by atoms with van der Waals surface area (Å²) in [5.41, 5.74) is 0.946. The molecule has 1 aromatic rings. The van der Waals surface area contributed by atoms with Crippen molar-refractivity contribution in [1.29, 1.82) is 0 Å². The number of amides is 2. The molecule has 0 aliphatic heterocycles. The van der Waals surface area contributed by atoms with Crippen molar-refractivity contribution in [2.75, 3.05) is 19.4 Å². The molecule has 1 aliphatic rings. The highest BCUT2D eigenvalue weighted by atomic mass is 16.4. The minimum atomic E-state index is -0.786.